The number of rotatable bonds is 5. The lowest BCUT2D eigenvalue weighted by molar-refractivity contribution is 0.0879. The van der Waals surface area contributed by atoms with Gasteiger partial charge >= 0.3 is 0 Å². The van der Waals surface area contributed by atoms with Crippen molar-refractivity contribution in [2.45, 2.75) is 52.9 Å². The Kier molecular flexibility index (Phi) is 4.65. The first-order chi connectivity index (χ1) is 7.50. The molecule has 0 spiro atoms. The molecule has 4 nitrogen and oxygen atoms in total. The van der Waals surface area contributed by atoms with E-state index in [1.165, 1.54) is 4.68 Å². The Morgan fingerprint density at radius 3 is 2.56 bits per heavy atom. The third-order valence-electron chi connectivity index (χ3n) is 2.53. The van der Waals surface area contributed by atoms with Crippen LogP contribution in [0.5, 0.6) is 0 Å². The average Bonchev–Trinajstić information content (AvgIpc) is 2.65. The Morgan fingerprint density at radius 1 is 1.38 bits per heavy atom. The Hall–Kier alpha value is -1.19. The molecule has 0 unspecified atom stereocenters. The lowest BCUT2D eigenvalue weighted by Crippen LogP contribution is -2.11. The van der Waals surface area contributed by atoms with Crippen molar-refractivity contribution < 1.29 is 4.79 Å². The Morgan fingerprint density at radius 2 is 2.06 bits per heavy atom. The second-order valence-corrected chi connectivity index (χ2v) is 4.92. The summed E-state index contributed by atoms with van der Waals surface area (Å²) >= 11 is 0. The van der Waals surface area contributed by atoms with Gasteiger partial charge < -0.3 is 0 Å². The summed E-state index contributed by atoms with van der Waals surface area (Å²) in [4.78, 5) is 11.7. The van der Waals surface area contributed by atoms with E-state index in [0.717, 1.165) is 18.5 Å². The molecule has 0 aliphatic carbocycles. The highest BCUT2D eigenvalue weighted by Crippen LogP contribution is 2.11. The summed E-state index contributed by atoms with van der Waals surface area (Å²) in [6.07, 6.45) is 4.30. The van der Waals surface area contributed by atoms with Crippen LogP contribution < -0.4 is 0 Å². The van der Waals surface area contributed by atoms with Crippen molar-refractivity contribution in [3.8, 4) is 0 Å². The molecule has 1 aromatic rings. The van der Waals surface area contributed by atoms with Crippen LogP contribution in [0.15, 0.2) is 6.20 Å². The van der Waals surface area contributed by atoms with Crippen molar-refractivity contribution in [3.05, 3.63) is 11.9 Å². The summed E-state index contributed by atoms with van der Waals surface area (Å²) in [5, 5.41) is 7.82. The summed E-state index contributed by atoms with van der Waals surface area (Å²) in [6.45, 7) is 8.41. The number of nitrogens with zero attached hydrogens (tertiary/aromatic N) is 3. The van der Waals surface area contributed by atoms with E-state index in [2.05, 4.69) is 24.2 Å². The van der Waals surface area contributed by atoms with Gasteiger partial charge in [0.25, 0.3) is 0 Å². The molecule has 0 aliphatic heterocycles. The Bertz CT molecular complexity index is 342. The highest BCUT2D eigenvalue weighted by atomic mass is 16.2. The molecule has 0 aromatic carbocycles. The van der Waals surface area contributed by atoms with Crippen LogP contribution in [0.1, 0.15) is 63.4 Å². The molecule has 0 aliphatic rings. The minimum Gasteiger partial charge on any atom is -0.273 e. The first-order valence-electron chi connectivity index (χ1n) is 5.96. The molecule has 16 heavy (non-hydrogen) atoms. The summed E-state index contributed by atoms with van der Waals surface area (Å²) in [5.74, 6) is 1.01. The number of carbonyl (C=O) groups excluding carboxylic acids is 1. The van der Waals surface area contributed by atoms with E-state index in [1.54, 1.807) is 6.20 Å². The maximum atomic E-state index is 11.7. The van der Waals surface area contributed by atoms with Crippen LogP contribution in [0.25, 0.3) is 0 Å². The highest BCUT2D eigenvalue weighted by molar-refractivity contribution is 5.77. The normalized spacial score (nSPS) is 11.4. The molecule has 1 aromatic heterocycles. The molecule has 0 atom stereocenters. The van der Waals surface area contributed by atoms with E-state index in [-0.39, 0.29) is 5.91 Å². The Balaban J connectivity index is 2.46. The molecule has 0 N–H and O–H groups in total. The number of hydrogen-bond acceptors (Lipinski definition) is 3. The minimum atomic E-state index is 0.0417. The lowest BCUT2D eigenvalue weighted by atomic mass is 10.1. The predicted molar refractivity (Wildman–Crippen MR) is 63.4 cm³/mol. The second kappa shape index (κ2) is 5.77. The third-order valence-corrected chi connectivity index (χ3v) is 2.53. The molecule has 0 saturated carbocycles. The number of aromatic nitrogens is 3. The van der Waals surface area contributed by atoms with Crippen LogP contribution >= 0.6 is 0 Å². The summed E-state index contributed by atoms with van der Waals surface area (Å²) in [7, 11) is 0. The number of hydrogen-bond donors (Lipinski definition) is 0. The highest BCUT2D eigenvalue weighted by Gasteiger charge is 2.10. The van der Waals surface area contributed by atoms with Crippen molar-refractivity contribution >= 4 is 5.91 Å². The van der Waals surface area contributed by atoms with Gasteiger partial charge in [-0.2, -0.15) is 4.68 Å². The zero-order valence-electron chi connectivity index (χ0n) is 10.6. The average molecular weight is 223 g/mol. The van der Waals surface area contributed by atoms with Crippen molar-refractivity contribution in [1.82, 2.24) is 15.0 Å². The van der Waals surface area contributed by atoms with Gasteiger partial charge in [0.2, 0.25) is 5.91 Å². The van der Waals surface area contributed by atoms with Crippen molar-refractivity contribution in [3.63, 3.8) is 0 Å². The van der Waals surface area contributed by atoms with Crippen molar-refractivity contribution in [1.29, 1.82) is 0 Å². The quantitative estimate of drug-likeness (QED) is 0.771. The van der Waals surface area contributed by atoms with E-state index in [4.69, 9.17) is 0 Å². The molecular formula is C12H21N3O. The van der Waals surface area contributed by atoms with Gasteiger partial charge in [-0.05, 0) is 18.3 Å². The number of carbonyl (C=O) groups is 1. The smallest absolute Gasteiger partial charge is 0.248 e. The van der Waals surface area contributed by atoms with Crippen molar-refractivity contribution in [2.24, 2.45) is 5.92 Å². The first-order valence-corrected chi connectivity index (χ1v) is 5.96. The topological polar surface area (TPSA) is 47.8 Å². The monoisotopic (exact) mass is 223 g/mol. The largest absolute Gasteiger partial charge is 0.273 e. The summed E-state index contributed by atoms with van der Waals surface area (Å²) in [5.41, 5.74) is 0.872. The van der Waals surface area contributed by atoms with Gasteiger partial charge in [-0.25, -0.2) is 0 Å². The maximum Gasteiger partial charge on any atom is 0.248 e. The van der Waals surface area contributed by atoms with Crippen LogP contribution in [0.2, 0.25) is 0 Å². The molecular weight excluding hydrogens is 202 g/mol. The SMILES string of the molecule is CC(C)CCCC(=O)n1cc(C(C)C)nn1. The lowest BCUT2D eigenvalue weighted by Gasteiger charge is -2.03. The molecule has 0 bridgehead atoms. The fraction of sp³-hybridized carbons (Fsp3) is 0.750. The van der Waals surface area contributed by atoms with Gasteiger partial charge in [-0.15, -0.1) is 5.10 Å². The van der Waals surface area contributed by atoms with Crippen LogP contribution in [-0.4, -0.2) is 20.9 Å². The van der Waals surface area contributed by atoms with E-state index >= 15 is 0 Å². The fourth-order valence-corrected chi connectivity index (χ4v) is 1.44. The van der Waals surface area contributed by atoms with E-state index in [0.29, 0.717) is 18.3 Å². The summed E-state index contributed by atoms with van der Waals surface area (Å²) in [6, 6.07) is 0. The summed E-state index contributed by atoms with van der Waals surface area (Å²) < 4.78 is 1.37. The van der Waals surface area contributed by atoms with E-state index < -0.39 is 0 Å². The van der Waals surface area contributed by atoms with Gasteiger partial charge in [0.15, 0.2) is 0 Å². The fourth-order valence-electron chi connectivity index (χ4n) is 1.44. The first kappa shape index (κ1) is 12.9. The van der Waals surface area contributed by atoms with Gasteiger partial charge in [-0.1, -0.05) is 39.3 Å². The molecule has 4 heteroatoms. The zero-order valence-corrected chi connectivity index (χ0v) is 10.6. The van der Waals surface area contributed by atoms with Crippen LogP contribution in [0.4, 0.5) is 0 Å². The van der Waals surface area contributed by atoms with Crippen molar-refractivity contribution in [2.75, 3.05) is 0 Å². The Labute approximate surface area is 97.0 Å². The van der Waals surface area contributed by atoms with Gasteiger partial charge in [0.1, 0.15) is 0 Å². The molecule has 90 valence electrons. The molecule has 1 rings (SSSR count). The molecule has 0 amide bonds. The zero-order chi connectivity index (χ0) is 12.1. The van der Waals surface area contributed by atoms with Crippen LogP contribution in [0, 0.1) is 5.92 Å². The van der Waals surface area contributed by atoms with E-state index in [9.17, 15) is 4.79 Å². The van der Waals surface area contributed by atoms with Gasteiger partial charge in [0.05, 0.1) is 11.9 Å². The predicted octanol–water partition coefficient (Wildman–Crippen LogP) is 2.87. The third kappa shape index (κ3) is 3.76. The maximum absolute atomic E-state index is 11.7. The van der Waals surface area contributed by atoms with Gasteiger partial charge in [0, 0.05) is 6.42 Å². The standard InChI is InChI=1S/C12H21N3O/c1-9(2)6-5-7-12(16)15-8-11(10(3)4)13-14-15/h8-10H,5-7H2,1-4H3. The molecule has 0 fully saturated rings. The molecule has 0 radical (unpaired) electrons. The van der Waals surface area contributed by atoms with E-state index in [1.807, 2.05) is 13.8 Å². The minimum absolute atomic E-state index is 0.0417. The van der Waals surface area contributed by atoms with Crippen LogP contribution in [0.3, 0.4) is 0 Å². The molecule has 0 saturated heterocycles. The van der Waals surface area contributed by atoms with Crippen LogP contribution in [-0.2, 0) is 0 Å². The molecule has 1 heterocycles. The van der Waals surface area contributed by atoms with Gasteiger partial charge in [-0.3, -0.25) is 4.79 Å². The second-order valence-electron chi connectivity index (χ2n) is 4.92.